The second-order valence-corrected chi connectivity index (χ2v) is 10.4. The minimum absolute atomic E-state index is 0.750. The van der Waals surface area contributed by atoms with E-state index in [0.29, 0.717) is 0 Å². The van der Waals surface area contributed by atoms with Crippen molar-refractivity contribution in [1.29, 1.82) is 0 Å². The van der Waals surface area contributed by atoms with Crippen LogP contribution in [0.5, 0.6) is 0 Å². The zero-order chi connectivity index (χ0) is 28.2. The molecule has 0 unspecified atom stereocenters. The van der Waals surface area contributed by atoms with Crippen LogP contribution >= 0.6 is 0 Å². The zero-order valence-corrected chi connectivity index (χ0v) is 22.9. The molecular weight excluding hydrogens is 500 g/mol. The lowest BCUT2D eigenvalue weighted by Crippen LogP contribution is -2.35. The quantitative estimate of drug-likeness (QED) is 0.223. The van der Waals surface area contributed by atoms with Gasteiger partial charge in [-0.2, -0.15) is 0 Å². The number of carbonyl (C=O) groups is 1. The molecule has 41 heavy (non-hydrogen) atoms. The average molecular weight is 531 g/mol. The number of carboxylic acid groups (broad SMARTS) is 1. The summed E-state index contributed by atoms with van der Waals surface area (Å²) in [6.45, 7) is 1.85. The Balaban J connectivity index is 1.72. The van der Waals surface area contributed by atoms with Crippen LogP contribution in [0.4, 0.5) is 0 Å². The minimum atomic E-state index is -1.37. The number of hydrogen-bond acceptors (Lipinski definition) is 1. The summed E-state index contributed by atoms with van der Waals surface area (Å²) in [5.41, 5.74) is 8.03. The summed E-state index contributed by atoms with van der Waals surface area (Å²) in [6.07, 6.45) is 0. The number of aliphatic carboxylic acids is 1. The van der Waals surface area contributed by atoms with Crippen molar-refractivity contribution in [2.75, 3.05) is 0 Å². The van der Waals surface area contributed by atoms with Crippen molar-refractivity contribution in [3.05, 3.63) is 169 Å². The lowest BCUT2D eigenvalue weighted by molar-refractivity contribution is -0.141. The second kappa shape index (κ2) is 11.1. The van der Waals surface area contributed by atoms with Gasteiger partial charge in [0, 0.05) is 0 Å². The first-order chi connectivity index (χ1) is 20.1. The van der Waals surface area contributed by atoms with Crippen LogP contribution in [-0.4, -0.2) is 11.1 Å². The van der Waals surface area contributed by atoms with Gasteiger partial charge in [-0.15, -0.1) is 0 Å². The molecule has 0 aliphatic rings. The second-order valence-electron chi connectivity index (χ2n) is 10.4. The molecule has 0 aliphatic heterocycles. The van der Waals surface area contributed by atoms with Gasteiger partial charge in [-0.1, -0.05) is 158 Å². The van der Waals surface area contributed by atoms with Gasteiger partial charge < -0.3 is 5.11 Å². The summed E-state index contributed by atoms with van der Waals surface area (Å²) in [7, 11) is 0. The first kappa shape index (κ1) is 26.0. The number of benzene rings is 6. The van der Waals surface area contributed by atoms with Gasteiger partial charge >= 0.3 is 5.97 Å². The summed E-state index contributed by atoms with van der Waals surface area (Å²) in [6, 6.07) is 52.7. The van der Waals surface area contributed by atoms with Crippen molar-refractivity contribution in [3.8, 4) is 44.5 Å². The van der Waals surface area contributed by atoms with E-state index < -0.39 is 11.4 Å². The summed E-state index contributed by atoms with van der Waals surface area (Å²) in [5, 5.41) is 11.2. The highest BCUT2D eigenvalue weighted by Crippen LogP contribution is 2.48. The molecule has 0 fully saturated rings. The van der Waals surface area contributed by atoms with Crippen LogP contribution in [0, 0.1) is 0 Å². The molecule has 6 aromatic rings. The third kappa shape index (κ3) is 4.74. The number of rotatable bonds is 7. The van der Waals surface area contributed by atoms with Crippen molar-refractivity contribution in [3.63, 3.8) is 0 Å². The predicted molar refractivity (Wildman–Crippen MR) is 169 cm³/mol. The summed E-state index contributed by atoms with van der Waals surface area (Å²) in [4.78, 5) is 13.7. The molecule has 6 aromatic carbocycles. The molecule has 0 saturated heterocycles. The maximum atomic E-state index is 13.7. The maximum absolute atomic E-state index is 13.7. The Bertz CT molecular complexity index is 1670. The molecule has 198 valence electrons. The summed E-state index contributed by atoms with van der Waals surface area (Å²) >= 11 is 0. The van der Waals surface area contributed by atoms with Crippen LogP contribution in [0.25, 0.3) is 44.5 Å². The first-order valence-corrected chi connectivity index (χ1v) is 13.8. The maximum Gasteiger partial charge on any atom is 0.318 e. The molecular formula is C39H30O2. The van der Waals surface area contributed by atoms with Crippen LogP contribution in [0.3, 0.4) is 0 Å². The van der Waals surface area contributed by atoms with Crippen molar-refractivity contribution < 1.29 is 9.90 Å². The SMILES string of the molecule is CC(C(=O)O)(c1cccc(-c2ccccc2)c1-c1ccccc1)c1cccc(-c2ccccc2)c1-c1ccccc1. The molecule has 2 nitrogen and oxygen atoms in total. The summed E-state index contributed by atoms with van der Waals surface area (Å²) < 4.78 is 0. The fourth-order valence-electron chi connectivity index (χ4n) is 5.86. The molecule has 0 radical (unpaired) electrons. The monoisotopic (exact) mass is 530 g/mol. The standard InChI is InChI=1S/C39H30O2/c1-39(38(40)41,34-26-14-24-32(28-16-6-2-7-17-28)36(34)30-20-10-4-11-21-30)35-27-15-25-33(29-18-8-3-9-19-29)37(35)31-22-12-5-13-23-31/h2-27H,1H3,(H,40,41). The van der Waals surface area contributed by atoms with Crippen molar-refractivity contribution >= 4 is 5.97 Å². The molecule has 0 saturated carbocycles. The van der Waals surface area contributed by atoms with E-state index in [9.17, 15) is 9.90 Å². The molecule has 2 heteroatoms. The molecule has 0 aromatic heterocycles. The number of carboxylic acids is 1. The highest BCUT2D eigenvalue weighted by Gasteiger charge is 2.42. The van der Waals surface area contributed by atoms with Gasteiger partial charge in [-0.05, 0) is 62.6 Å². The molecule has 1 N–H and O–H groups in total. The van der Waals surface area contributed by atoms with Crippen molar-refractivity contribution in [2.24, 2.45) is 0 Å². The Morgan fingerprint density at radius 3 is 1.07 bits per heavy atom. The smallest absolute Gasteiger partial charge is 0.318 e. The Kier molecular flexibility index (Phi) is 7.06. The van der Waals surface area contributed by atoms with Gasteiger partial charge in [-0.3, -0.25) is 4.79 Å². The third-order valence-corrected chi connectivity index (χ3v) is 7.93. The average Bonchev–Trinajstić information content (AvgIpc) is 3.05. The Morgan fingerprint density at radius 1 is 0.439 bits per heavy atom. The van der Waals surface area contributed by atoms with Crippen LogP contribution in [0.15, 0.2) is 158 Å². The van der Waals surface area contributed by atoms with E-state index in [1.807, 2.05) is 104 Å². The van der Waals surface area contributed by atoms with Gasteiger partial charge in [0.2, 0.25) is 0 Å². The van der Waals surface area contributed by atoms with Crippen LogP contribution in [0.2, 0.25) is 0 Å². The van der Waals surface area contributed by atoms with Crippen LogP contribution in [0.1, 0.15) is 18.1 Å². The summed E-state index contributed by atoms with van der Waals surface area (Å²) in [5.74, 6) is -0.901. The third-order valence-electron chi connectivity index (χ3n) is 7.93. The molecule has 0 spiro atoms. The Morgan fingerprint density at radius 2 is 0.756 bits per heavy atom. The largest absolute Gasteiger partial charge is 0.480 e. The van der Waals surface area contributed by atoms with E-state index in [4.69, 9.17) is 0 Å². The molecule has 0 heterocycles. The van der Waals surface area contributed by atoms with Gasteiger partial charge in [0.05, 0.1) is 0 Å². The topological polar surface area (TPSA) is 37.3 Å². The van der Waals surface area contributed by atoms with E-state index >= 15 is 0 Å². The number of hydrogen-bond donors (Lipinski definition) is 1. The van der Waals surface area contributed by atoms with Crippen molar-refractivity contribution in [1.82, 2.24) is 0 Å². The Labute approximate surface area is 241 Å². The van der Waals surface area contributed by atoms with E-state index in [1.54, 1.807) is 0 Å². The fraction of sp³-hybridized carbons (Fsp3) is 0.0513. The molecule has 0 bridgehead atoms. The van der Waals surface area contributed by atoms with Gasteiger partial charge in [0.1, 0.15) is 5.41 Å². The zero-order valence-electron chi connectivity index (χ0n) is 22.9. The van der Waals surface area contributed by atoms with Crippen LogP contribution in [-0.2, 0) is 10.2 Å². The van der Waals surface area contributed by atoms with Gasteiger partial charge in [0.15, 0.2) is 0 Å². The molecule has 0 aliphatic carbocycles. The predicted octanol–water partition coefficient (Wildman–Crippen LogP) is 9.75. The van der Waals surface area contributed by atoms with Gasteiger partial charge in [0.25, 0.3) is 0 Å². The van der Waals surface area contributed by atoms with E-state index in [2.05, 4.69) is 60.7 Å². The fourth-order valence-corrected chi connectivity index (χ4v) is 5.86. The highest BCUT2D eigenvalue weighted by molar-refractivity contribution is 5.98. The highest BCUT2D eigenvalue weighted by atomic mass is 16.4. The van der Waals surface area contributed by atoms with Crippen LogP contribution < -0.4 is 0 Å². The minimum Gasteiger partial charge on any atom is -0.480 e. The molecule has 6 rings (SSSR count). The Hall–Kier alpha value is -5.21. The normalized spacial score (nSPS) is 11.2. The van der Waals surface area contributed by atoms with E-state index in [1.165, 1.54) is 0 Å². The molecule has 0 amide bonds. The lowest BCUT2D eigenvalue weighted by atomic mass is 9.69. The van der Waals surface area contributed by atoms with Gasteiger partial charge in [-0.25, -0.2) is 0 Å². The van der Waals surface area contributed by atoms with Crippen molar-refractivity contribution in [2.45, 2.75) is 12.3 Å². The molecule has 0 atom stereocenters. The first-order valence-electron chi connectivity index (χ1n) is 13.8. The van der Waals surface area contributed by atoms with E-state index in [0.717, 1.165) is 55.6 Å². The van der Waals surface area contributed by atoms with E-state index in [-0.39, 0.29) is 0 Å². The lowest BCUT2D eigenvalue weighted by Gasteiger charge is -2.33.